The number of carbonyl (C=O) groups is 1. The van der Waals surface area contributed by atoms with Crippen LogP contribution in [0.1, 0.15) is 22.3 Å². The van der Waals surface area contributed by atoms with Crippen LogP contribution in [0.15, 0.2) is 22.7 Å². The molecule has 2 aliphatic heterocycles. The van der Waals surface area contributed by atoms with Gasteiger partial charge in [0.2, 0.25) is 0 Å². The predicted molar refractivity (Wildman–Crippen MR) is 87.6 cm³/mol. The van der Waals surface area contributed by atoms with Gasteiger partial charge in [-0.3, -0.25) is 9.69 Å². The number of piperazine rings is 1. The first kappa shape index (κ1) is 15.0. The molecule has 1 aromatic rings. The fraction of sp³-hybridized carbons (Fsp3) is 0.562. The maximum absolute atomic E-state index is 12.6. The third-order valence-electron chi connectivity index (χ3n) is 4.57. The van der Waals surface area contributed by atoms with E-state index in [2.05, 4.69) is 26.1 Å². The molecule has 114 valence electrons. The molecule has 2 saturated heterocycles. The van der Waals surface area contributed by atoms with Crippen molar-refractivity contribution in [1.29, 1.82) is 0 Å². The number of rotatable bonds is 2. The minimum Gasteiger partial charge on any atom is -0.336 e. The normalized spacial score (nSPS) is 23.5. The second-order valence-corrected chi connectivity index (χ2v) is 6.85. The molecule has 0 spiro atoms. The van der Waals surface area contributed by atoms with Crippen LogP contribution < -0.4 is 5.32 Å². The first-order valence-corrected chi connectivity index (χ1v) is 8.44. The van der Waals surface area contributed by atoms with E-state index in [4.69, 9.17) is 0 Å². The van der Waals surface area contributed by atoms with Crippen LogP contribution in [0.2, 0.25) is 0 Å². The summed E-state index contributed by atoms with van der Waals surface area (Å²) in [7, 11) is 0. The number of nitrogens with zero attached hydrogens (tertiary/aromatic N) is 2. The molecule has 2 heterocycles. The minimum absolute atomic E-state index is 0.171. The standard InChI is InChI=1S/C16H22BrN3O/c1-12-10-13(17)2-3-15(12)16(21)20-8-6-19(7-9-20)14-4-5-18-11-14/h2-3,10,14,18H,4-9,11H2,1H3. The van der Waals surface area contributed by atoms with Crippen LogP contribution in [0.25, 0.3) is 0 Å². The maximum Gasteiger partial charge on any atom is 0.254 e. The van der Waals surface area contributed by atoms with Gasteiger partial charge in [0.25, 0.3) is 5.91 Å². The highest BCUT2D eigenvalue weighted by Gasteiger charge is 2.28. The Balaban J connectivity index is 1.62. The van der Waals surface area contributed by atoms with Crippen molar-refractivity contribution in [2.45, 2.75) is 19.4 Å². The van der Waals surface area contributed by atoms with Crippen LogP contribution in [-0.4, -0.2) is 61.0 Å². The average molecular weight is 352 g/mol. The molecule has 4 nitrogen and oxygen atoms in total. The molecule has 1 amide bonds. The van der Waals surface area contributed by atoms with Gasteiger partial charge in [0, 0.05) is 48.8 Å². The van der Waals surface area contributed by atoms with E-state index in [0.717, 1.165) is 54.9 Å². The van der Waals surface area contributed by atoms with Crippen molar-refractivity contribution in [3.05, 3.63) is 33.8 Å². The largest absolute Gasteiger partial charge is 0.336 e. The van der Waals surface area contributed by atoms with E-state index >= 15 is 0 Å². The molecular formula is C16H22BrN3O. The van der Waals surface area contributed by atoms with Crippen molar-refractivity contribution in [2.24, 2.45) is 0 Å². The second kappa shape index (κ2) is 6.46. The number of hydrogen-bond acceptors (Lipinski definition) is 3. The third kappa shape index (κ3) is 3.30. The zero-order valence-electron chi connectivity index (χ0n) is 12.4. The van der Waals surface area contributed by atoms with Crippen molar-refractivity contribution in [2.75, 3.05) is 39.3 Å². The van der Waals surface area contributed by atoms with Gasteiger partial charge in [-0.25, -0.2) is 0 Å². The predicted octanol–water partition coefficient (Wildman–Crippen LogP) is 1.88. The molecule has 0 aromatic heterocycles. The summed E-state index contributed by atoms with van der Waals surface area (Å²) in [4.78, 5) is 17.2. The van der Waals surface area contributed by atoms with E-state index in [1.807, 2.05) is 30.0 Å². The molecule has 1 unspecified atom stereocenters. The van der Waals surface area contributed by atoms with Crippen molar-refractivity contribution in [1.82, 2.24) is 15.1 Å². The van der Waals surface area contributed by atoms with Crippen molar-refractivity contribution in [3.8, 4) is 0 Å². The van der Waals surface area contributed by atoms with Crippen LogP contribution in [0.5, 0.6) is 0 Å². The highest BCUT2D eigenvalue weighted by Crippen LogP contribution is 2.19. The van der Waals surface area contributed by atoms with E-state index in [1.165, 1.54) is 6.42 Å². The Morgan fingerprint density at radius 3 is 2.67 bits per heavy atom. The summed E-state index contributed by atoms with van der Waals surface area (Å²) in [5.74, 6) is 0.171. The SMILES string of the molecule is Cc1cc(Br)ccc1C(=O)N1CCN(C2CCNC2)CC1. The Hall–Kier alpha value is -0.910. The van der Waals surface area contributed by atoms with Gasteiger partial charge >= 0.3 is 0 Å². The molecular weight excluding hydrogens is 330 g/mol. The van der Waals surface area contributed by atoms with Crippen LogP contribution in [-0.2, 0) is 0 Å². The molecule has 0 radical (unpaired) electrons. The van der Waals surface area contributed by atoms with Gasteiger partial charge in [0.15, 0.2) is 0 Å². The van der Waals surface area contributed by atoms with Gasteiger partial charge in [0.05, 0.1) is 0 Å². The molecule has 1 atom stereocenters. The van der Waals surface area contributed by atoms with Gasteiger partial charge in [-0.05, 0) is 43.7 Å². The number of benzene rings is 1. The lowest BCUT2D eigenvalue weighted by Crippen LogP contribution is -2.52. The van der Waals surface area contributed by atoms with Crippen LogP contribution in [0.3, 0.4) is 0 Å². The first-order valence-electron chi connectivity index (χ1n) is 7.65. The Labute approximate surface area is 134 Å². The van der Waals surface area contributed by atoms with E-state index in [0.29, 0.717) is 6.04 Å². The summed E-state index contributed by atoms with van der Waals surface area (Å²) in [5, 5.41) is 3.42. The van der Waals surface area contributed by atoms with Crippen LogP contribution >= 0.6 is 15.9 Å². The molecule has 0 aliphatic carbocycles. The van der Waals surface area contributed by atoms with Crippen LogP contribution in [0, 0.1) is 6.92 Å². The van der Waals surface area contributed by atoms with Gasteiger partial charge in [-0.15, -0.1) is 0 Å². The molecule has 5 heteroatoms. The fourth-order valence-corrected chi connectivity index (χ4v) is 3.75. The zero-order valence-corrected chi connectivity index (χ0v) is 14.0. The molecule has 1 N–H and O–H groups in total. The summed E-state index contributed by atoms with van der Waals surface area (Å²) >= 11 is 3.45. The summed E-state index contributed by atoms with van der Waals surface area (Å²) in [6.07, 6.45) is 1.24. The molecule has 0 saturated carbocycles. The summed E-state index contributed by atoms with van der Waals surface area (Å²) in [6, 6.07) is 6.54. The zero-order chi connectivity index (χ0) is 14.8. The second-order valence-electron chi connectivity index (χ2n) is 5.93. The summed E-state index contributed by atoms with van der Waals surface area (Å²) in [6.45, 7) is 7.89. The Morgan fingerprint density at radius 1 is 1.29 bits per heavy atom. The molecule has 0 bridgehead atoms. The molecule has 1 aromatic carbocycles. The van der Waals surface area contributed by atoms with Gasteiger partial charge in [-0.1, -0.05) is 15.9 Å². The van der Waals surface area contributed by atoms with E-state index < -0.39 is 0 Å². The fourth-order valence-electron chi connectivity index (χ4n) is 3.28. The Kier molecular flexibility index (Phi) is 4.62. The number of hydrogen-bond donors (Lipinski definition) is 1. The van der Waals surface area contributed by atoms with E-state index in [-0.39, 0.29) is 5.91 Å². The van der Waals surface area contributed by atoms with Crippen molar-refractivity contribution in [3.63, 3.8) is 0 Å². The maximum atomic E-state index is 12.6. The van der Waals surface area contributed by atoms with Gasteiger partial charge < -0.3 is 10.2 Å². The van der Waals surface area contributed by atoms with Crippen molar-refractivity contribution < 1.29 is 4.79 Å². The molecule has 3 rings (SSSR count). The summed E-state index contributed by atoms with van der Waals surface area (Å²) < 4.78 is 1.02. The number of amides is 1. The van der Waals surface area contributed by atoms with E-state index in [1.54, 1.807) is 0 Å². The third-order valence-corrected chi connectivity index (χ3v) is 5.06. The number of aryl methyl sites for hydroxylation is 1. The quantitative estimate of drug-likeness (QED) is 0.883. The van der Waals surface area contributed by atoms with Gasteiger partial charge in [-0.2, -0.15) is 0 Å². The lowest BCUT2D eigenvalue weighted by molar-refractivity contribution is 0.0583. The molecule has 2 fully saturated rings. The number of nitrogens with one attached hydrogen (secondary N) is 1. The average Bonchev–Trinajstić information content (AvgIpc) is 3.01. The van der Waals surface area contributed by atoms with E-state index in [9.17, 15) is 4.79 Å². The molecule has 21 heavy (non-hydrogen) atoms. The number of carbonyl (C=O) groups excluding carboxylic acids is 1. The highest BCUT2D eigenvalue weighted by atomic mass is 79.9. The van der Waals surface area contributed by atoms with Crippen LogP contribution in [0.4, 0.5) is 0 Å². The van der Waals surface area contributed by atoms with Gasteiger partial charge in [0.1, 0.15) is 0 Å². The molecule has 2 aliphatic rings. The topological polar surface area (TPSA) is 35.6 Å². The lowest BCUT2D eigenvalue weighted by Gasteiger charge is -2.38. The monoisotopic (exact) mass is 351 g/mol. The highest BCUT2D eigenvalue weighted by molar-refractivity contribution is 9.10. The number of halogens is 1. The Morgan fingerprint density at radius 2 is 2.05 bits per heavy atom. The summed E-state index contributed by atoms with van der Waals surface area (Å²) in [5.41, 5.74) is 1.87. The smallest absolute Gasteiger partial charge is 0.254 e. The Bertz CT molecular complexity index is 520. The minimum atomic E-state index is 0.171. The first-order chi connectivity index (χ1) is 10.1. The van der Waals surface area contributed by atoms with Crippen molar-refractivity contribution >= 4 is 21.8 Å². The lowest BCUT2D eigenvalue weighted by atomic mass is 10.1.